The molecule has 5 nitrogen and oxygen atoms in total. The van der Waals surface area contributed by atoms with Crippen LogP contribution in [-0.2, 0) is 11.3 Å². The molecule has 0 fully saturated rings. The Bertz CT molecular complexity index is 627. The van der Waals surface area contributed by atoms with Gasteiger partial charge in [-0.3, -0.25) is 9.36 Å². The van der Waals surface area contributed by atoms with Crippen LogP contribution >= 0.6 is 0 Å². The van der Waals surface area contributed by atoms with Gasteiger partial charge in [0.25, 0.3) is 5.56 Å². The van der Waals surface area contributed by atoms with Crippen LogP contribution in [0.5, 0.6) is 0 Å². The topological polar surface area (TPSA) is 64.3 Å². The lowest BCUT2D eigenvalue weighted by Crippen LogP contribution is -2.30. The van der Waals surface area contributed by atoms with Crippen LogP contribution in [0.1, 0.15) is 6.92 Å². The van der Waals surface area contributed by atoms with E-state index >= 15 is 0 Å². The zero-order chi connectivity index (χ0) is 13.8. The number of benzene rings is 1. The number of rotatable bonds is 5. The van der Waals surface area contributed by atoms with Gasteiger partial charge in [-0.2, -0.15) is 0 Å². The van der Waals surface area contributed by atoms with Gasteiger partial charge < -0.3 is 9.84 Å². The molecule has 1 aromatic heterocycles. The Morgan fingerprint density at radius 2 is 2.32 bits per heavy atom. The molecule has 1 heterocycles. The zero-order valence-electron chi connectivity index (χ0n) is 10.5. The average molecular weight is 266 g/mol. The predicted molar refractivity (Wildman–Crippen MR) is 68.5 cm³/mol. The molecule has 1 aromatic carbocycles. The summed E-state index contributed by atoms with van der Waals surface area (Å²) in [5, 5.41) is 9.63. The van der Waals surface area contributed by atoms with E-state index in [1.807, 2.05) is 6.92 Å². The minimum atomic E-state index is -0.830. The summed E-state index contributed by atoms with van der Waals surface area (Å²) >= 11 is 0. The maximum atomic E-state index is 13.6. The Kier molecular flexibility index (Phi) is 4.24. The monoisotopic (exact) mass is 266 g/mol. The molecule has 2 aromatic rings. The third-order valence-electron chi connectivity index (χ3n) is 2.72. The second-order valence-electron chi connectivity index (χ2n) is 4.15. The maximum absolute atomic E-state index is 13.6. The van der Waals surface area contributed by atoms with Crippen LogP contribution in [0.25, 0.3) is 10.9 Å². The van der Waals surface area contributed by atoms with Crippen LogP contribution in [0.3, 0.4) is 0 Å². The van der Waals surface area contributed by atoms with E-state index in [4.69, 9.17) is 4.74 Å². The van der Waals surface area contributed by atoms with E-state index in [2.05, 4.69) is 4.98 Å². The lowest BCUT2D eigenvalue weighted by molar-refractivity contribution is 0.0329. The van der Waals surface area contributed by atoms with Crippen molar-refractivity contribution in [2.75, 3.05) is 13.2 Å². The summed E-state index contributed by atoms with van der Waals surface area (Å²) in [6, 6.07) is 4.28. The van der Waals surface area contributed by atoms with Crippen molar-refractivity contribution in [2.24, 2.45) is 0 Å². The molecule has 2 rings (SSSR count). The van der Waals surface area contributed by atoms with Crippen molar-refractivity contribution in [3.8, 4) is 0 Å². The molecular formula is C13H15FN2O3. The number of aliphatic hydroxyl groups is 1. The Labute approximate surface area is 109 Å². The summed E-state index contributed by atoms with van der Waals surface area (Å²) in [5.41, 5.74) is -0.195. The van der Waals surface area contributed by atoms with Gasteiger partial charge >= 0.3 is 0 Å². The summed E-state index contributed by atoms with van der Waals surface area (Å²) in [7, 11) is 0. The Morgan fingerprint density at radius 1 is 1.53 bits per heavy atom. The van der Waals surface area contributed by atoms with Crippen molar-refractivity contribution >= 4 is 10.9 Å². The van der Waals surface area contributed by atoms with E-state index in [0.29, 0.717) is 12.1 Å². The van der Waals surface area contributed by atoms with Gasteiger partial charge in [0, 0.05) is 6.61 Å². The second-order valence-corrected chi connectivity index (χ2v) is 4.15. The first-order valence-corrected chi connectivity index (χ1v) is 6.03. The summed E-state index contributed by atoms with van der Waals surface area (Å²) in [6.45, 7) is 2.44. The molecule has 0 aliphatic rings. The normalized spacial score (nSPS) is 12.8. The highest BCUT2D eigenvalue weighted by molar-refractivity contribution is 5.77. The van der Waals surface area contributed by atoms with E-state index in [1.54, 1.807) is 6.07 Å². The van der Waals surface area contributed by atoms with Crippen LogP contribution < -0.4 is 5.56 Å². The van der Waals surface area contributed by atoms with Crippen molar-refractivity contribution in [1.29, 1.82) is 0 Å². The van der Waals surface area contributed by atoms with E-state index in [9.17, 15) is 14.3 Å². The molecule has 0 radical (unpaired) electrons. The second kappa shape index (κ2) is 5.90. The van der Waals surface area contributed by atoms with Gasteiger partial charge in [0.05, 0.1) is 31.1 Å². The van der Waals surface area contributed by atoms with Crippen LogP contribution in [0, 0.1) is 5.82 Å². The highest BCUT2D eigenvalue weighted by Gasteiger charge is 2.11. The fourth-order valence-electron chi connectivity index (χ4n) is 1.82. The fourth-order valence-corrected chi connectivity index (χ4v) is 1.82. The Morgan fingerprint density at radius 3 is 3.05 bits per heavy atom. The molecule has 0 amide bonds. The third-order valence-corrected chi connectivity index (χ3v) is 2.72. The number of aromatic nitrogens is 2. The number of hydrogen-bond donors (Lipinski definition) is 1. The number of halogens is 1. The molecule has 1 N–H and O–H groups in total. The van der Waals surface area contributed by atoms with Gasteiger partial charge in [-0.1, -0.05) is 6.07 Å². The van der Waals surface area contributed by atoms with Crippen molar-refractivity contribution in [3.63, 3.8) is 0 Å². The number of ether oxygens (including phenoxy) is 1. The summed E-state index contributed by atoms with van der Waals surface area (Å²) in [6.07, 6.45) is 0.475. The van der Waals surface area contributed by atoms with Gasteiger partial charge in [-0.15, -0.1) is 0 Å². The first-order valence-electron chi connectivity index (χ1n) is 6.03. The van der Waals surface area contributed by atoms with Crippen molar-refractivity contribution < 1.29 is 14.2 Å². The molecular weight excluding hydrogens is 251 g/mol. The number of nitrogens with zero attached hydrogens (tertiary/aromatic N) is 2. The Balaban J connectivity index is 2.33. The largest absolute Gasteiger partial charge is 0.389 e. The number of aliphatic hydroxyl groups excluding tert-OH is 1. The van der Waals surface area contributed by atoms with Crippen molar-refractivity contribution in [2.45, 2.75) is 19.6 Å². The first kappa shape index (κ1) is 13.6. The lowest BCUT2D eigenvalue weighted by atomic mass is 10.2. The first-order chi connectivity index (χ1) is 9.13. The molecule has 102 valence electrons. The number of fused-ring (bicyclic) bond motifs is 1. The molecule has 0 saturated carbocycles. The van der Waals surface area contributed by atoms with Gasteiger partial charge in [0.2, 0.25) is 0 Å². The zero-order valence-corrected chi connectivity index (χ0v) is 10.5. The molecule has 0 spiro atoms. The Hall–Kier alpha value is -1.79. The number of hydrogen-bond acceptors (Lipinski definition) is 4. The van der Waals surface area contributed by atoms with Crippen LogP contribution in [0.15, 0.2) is 29.3 Å². The third kappa shape index (κ3) is 2.97. The molecule has 0 aliphatic carbocycles. The van der Waals surface area contributed by atoms with Gasteiger partial charge in [-0.25, -0.2) is 9.37 Å². The van der Waals surface area contributed by atoms with E-state index in [-0.39, 0.29) is 18.5 Å². The SMILES string of the molecule is CCOC[C@@H](O)Cn1cnc2cccc(F)c2c1=O. The minimum Gasteiger partial charge on any atom is -0.389 e. The molecule has 6 heteroatoms. The van der Waals surface area contributed by atoms with Crippen LogP contribution in [-0.4, -0.2) is 34.0 Å². The van der Waals surface area contributed by atoms with E-state index < -0.39 is 17.5 Å². The van der Waals surface area contributed by atoms with Gasteiger partial charge in [-0.05, 0) is 19.1 Å². The molecule has 19 heavy (non-hydrogen) atoms. The highest BCUT2D eigenvalue weighted by atomic mass is 19.1. The fraction of sp³-hybridized carbons (Fsp3) is 0.385. The smallest absolute Gasteiger partial charge is 0.264 e. The molecule has 0 bridgehead atoms. The minimum absolute atomic E-state index is 0.0239. The summed E-state index contributed by atoms with van der Waals surface area (Å²) in [4.78, 5) is 16.1. The quantitative estimate of drug-likeness (QED) is 0.874. The lowest BCUT2D eigenvalue weighted by Gasteiger charge is -2.12. The van der Waals surface area contributed by atoms with E-state index in [0.717, 1.165) is 0 Å². The molecule has 0 unspecified atom stereocenters. The van der Waals surface area contributed by atoms with Crippen molar-refractivity contribution in [3.05, 3.63) is 40.7 Å². The van der Waals surface area contributed by atoms with Crippen LogP contribution in [0.4, 0.5) is 4.39 Å². The molecule has 0 saturated heterocycles. The predicted octanol–water partition coefficient (Wildman–Crippen LogP) is 0.933. The molecule has 0 aliphatic heterocycles. The highest BCUT2D eigenvalue weighted by Crippen LogP contribution is 2.10. The standard InChI is InChI=1S/C13H15FN2O3/c1-2-19-7-9(17)6-16-8-15-11-5-3-4-10(14)12(11)13(16)18/h3-5,8-9,17H,2,6-7H2,1H3/t9-/m0/s1. The summed E-state index contributed by atoms with van der Waals surface area (Å²) in [5.74, 6) is -0.608. The average Bonchev–Trinajstić information content (AvgIpc) is 2.40. The maximum Gasteiger partial charge on any atom is 0.264 e. The van der Waals surface area contributed by atoms with E-state index in [1.165, 1.54) is 23.0 Å². The van der Waals surface area contributed by atoms with Gasteiger partial charge in [0.1, 0.15) is 11.2 Å². The molecule has 1 atom stereocenters. The van der Waals surface area contributed by atoms with Gasteiger partial charge in [0.15, 0.2) is 0 Å². The van der Waals surface area contributed by atoms with Crippen LogP contribution in [0.2, 0.25) is 0 Å². The summed E-state index contributed by atoms with van der Waals surface area (Å²) < 4.78 is 19.9. The van der Waals surface area contributed by atoms with Crippen molar-refractivity contribution in [1.82, 2.24) is 9.55 Å².